The fourth-order valence-electron chi connectivity index (χ4n) is 1.65. The lowest BCUT2D eigenvalue weighted by atomic mass is 9.94. The van der Waals surface area contributed by atoms with Crippen molar-refractivity contribution in [3.63, 3.8) is 0 Å². The molecule has 70 valence electrons. The van der Waals surface area contributed by atoms with Crippen LogP contribution in [0.3, 0.4) is 0 Å². The van der Waals surface area contributed by atoms with Gasteiger partial charge < -0.3 is 9.84 Å². The van der Waals surface area contributed by atoms with Gasteiger partial charge in [0.1, 0.15) is 11.4 Å². The maximum atomic E-state index is 9.56. The van der Waals surface area contributed by atoms with Crippen molar-refractivity contribution in [3.8, 4) is 5.75 Å². The second-order valence-corrected chi connectivity index (χ2v) is 3.88. The van der Waals surface area contributed by atoms with E-state index in [0.717, 1.165) is 12.2 Å². The third-order valence-electron chi connectivity index (χ3n) is 2.74. The quantitative estimate of drug-likeness (QED) is 0.710. The van der Waals surface area contributed by atoms with E-state index in [2.05, 4.69) is 0 Å². The van der Waals surface area contributed by atoms with Crippen molar-refractivity contribution < 1.29 is 9.84 Å². The zero-order valence-electron chi connectivity index (χ0n) is 7.95. The Hall–Kier alpha value is -1.02. The van der Waals surface area contributed by atoms with Crippen LogP contribution < -0.4 is 4.74 Å². The molecule has 2 unspecified atom stereocenters. The molecule has 2 atom stereocenters. The van der Waals surface area contributed by atoms with Crippen LogP contribution in [0.1, 0.15) is 19.4 Å². The summed E-state index contributed by atoms with van der Waals surface area (Å²) >= 11 is 0. The molecular weight excluding hydrogens is 164 g/mol. The highest BCUT2D eigenvalue weighted by Crippen LogP contribution is 2.36. The van der Waals surface area contributed by atoms with Gasteiger partial charge in [-0.05, 0) is 25.5 Å². The molecule has 1 aromatic carbocycles. The van der Waals surface area contributed by atoms with Crippen LogP contribution in [0.4, 0.5) is 0 Å². The number of aliphatic hydroxyl groups is 1. The van der Waals surface area contributed by atoms with Crippen molar-refractivity contribution in [2.45, 2.75) is 32.0 Å². The van der Waals surface area contributed by atoms with Crippen LogP contribution in [-0.4, -0.2) is 16.8 Å². The van der Waals surface area contributed by atoms with Crippen LogP contribution in [0, 0.1) is 0 Å². The van der Waals surface area contributed by atoms with E-state index in [1.807, 2.05) is 31.2 Å². The lowest BCUT2D eigenvalue weighted by molar-refractivity contribution is -0.0157. The molecule has 0 fully saturated rings. The third-order valence-corrected chi connectivity index (χ3v) is 2.74. The molecule has 0 spiro atoms. The van der Waals surface area contributed by atoms with Gasteiger partial charge in [0.25, 0.3) is 0 Å². The molecule has 0 saturated heterocycles. The highest BCUT2D eigenvalue weighted by Gasteiger charge is 2.38. The normalized spacial score (nSPS) is 27.9. The van der Waals surface area contributed by atoms with Gasteiger partial charge in [-0.2, -0.15) is 0 Å². The lowest BCUT2D eigenvalue weighted by Gasteiger charge is -2.26. The monoisotopic (exact) mass is 178 g/mol. The molecule has 0 bridgehead atoms. The molecule has 2 nitrogen and oxygen atoms in total. The van der Waals surface area contributed by atoms with Crippen LogP contribution in [0.5, 0.6) is 5.75 Å². The molecule has 1 aromatic rings. The Labute approximate surface area is 78.2 Å². The maximum Gasteiger partial charge on any atom is 0.136 e. The van der Waals surface area contributed by atoms with E-state index in [4.69, 9.17) is 4.74 Å². The van der Waals surface area contributed by atoms with Gasteiger partial charge in [0.15, 0.2) is 0 Å². The maximum absolute atomic E-state index is 9.56. The van der Waals surface area contributed by atoms with Crippen LogP contribution in [0.15, 0.2) is 24.3 Å². The summed E-state index contributed by atoms with van der Waals surface area (Å²) in [6.45, 7) is 3.71. The predicted molar refractivity (Wildman–Crippen MR) is 50.9 cm³/mol. The number of rotatable bonds is 1. The molecule has 0 amide bonds. The molecule has 2 rings (SSSR count). The molecule has 0 aliphatic carbocycles. The number of hydrogen-bond acceptors (Lipinski definition) is 2. The van der Waals surface area contributed by atoms with E-state index in [1.165, 1.54) is 5.56 Å². The average Bonchev–Trinajstić information content (AvgIpc) is 2.42. The van der Waals surface area contributed by atoms with Crippen molar-refractivity contribution in [2.75, 3.05) is 0 Å². The first-order valence-corrected chi connectivity index (χ1v) is 4.57. The van der Waals surface area contributed by atoms with Gasteiger partial charge in [-0.3, -0.25) is 0 Å². The largest absolute Gasteiger partial charge is 0.484 e. The minimum absolute atomic E-state index is 0.441. The van der Waals surface area contributed by atoms with E-state index >= 15 is 0 Å². The minimum Gasteiger partial charge on any atom is -0.484 e. The number of fused-ring (bicyclic) bond motifs is 1. The first kappa shape index (κ1) is 8.57. The Morgan fingerprint density at radius 2 is 2.15 bits per heavy atom. The van der Waals surface area contributed by atoms with E-state index < -0.39 is 11.7 Å². The highest BCUT2D eigenvalue weighted by atomic mass is 16.5. The topological polar surface area (TPSA) is 29.5 Å². The molecule has 0 saturated carbocycles. The van der Waals surface area contributed by atoms with Gasteiger partial charge in [-0.1, -0.05) is 18.2 Å². The Kier molecular flexibility index (Phi) is 1.81. The Bertz CT molecular complexity index is 293. The fraction of sp³-hybridized carbons (Fsp3) is 0.455. The number of ether oxygens (including phenoxy) is 1. The highest BCUT2D eigenvalue weighted by molar-refractivity contribution is 5.39. The van der Waals surface area contributed by atoms with Crippen molar-refractivity contribution in [1.82, 2.24) is 0 Å². The van der Waals surface area contributed by atoms with Crippen molar-refractivity contribution in [3.05, 3.63) is 29.8 Å². The standard InChI is InChI=1S/C11H14O2/c1-8(12)11(2)7-9-5-3-4-6-10(9)13-11/h3-6,8,12H,7H2,1-2H3. The van der Waals surface area contributed by atoms with Crippen molar-refractivity contribution in [2.24, 2.45) is 0 Å². The summed E-state index contributed by atoms with van der Waals surface area (Å²) < 4.78 is 5.71. The van der Waals surface area contributed by atoms with E-state index in [0.29, 0.717) is 0 Å². The molecule has 1 heterocycles. The van der Waals surface area contributed by atoms with E-state index in [-0.39, 0.29) is 0 Å². The van der Waals surface area contributed by atoms with Crippen LogP contribution in [0.25, 0.3) is 0 Å². The summed E-state index contributed by atoms with van der Waals surface area (Å²) in [7, 11) is 0. The van der Waals surface area contributed by atoms with Crippen LogP contribution in [0.2, 0.25) is 0 Å². The first-order valence-electron chi connectivity index (χ1n) is 4.57. The molecular formula is C11H14O2. The lowest BCUT2D eigenvalue weighted by Crippen LogP contribution is -2.41. The molecule has 13 heavy (non-hydrogen) atoms. The van der Waals surface area contributed by atoms with Crippen LogP contribution in [-0.2, 0) is 6.42 Å². The minimum atomic E-state index is -0.445. The molecule has 0 aromatic heterocycles. The Morgan fingerprint density at radius 3 is 2.77 bits per heavy atom. The van der Waals surface area contributed by atoms with Crippen molar-refractivity contribution >= 4 is 0 Å². The van der Waals surface area contributed by atoms with Gasteiger partial charge in [-0.15, -0.1) is 0 Å². The molecule has 1 aliphatic rings. The summed E-state index contributed by atoms with van der Waals surface area (Å²) in [6.07, 6.45) is 0.348. The first-order chi connectivity index (χ1) is 6.12. The van der Waals surface area contributed by atoms with Gasteiger partial charge in [-0.25, -0.2) is 0 Å². The molecule has 0 radical (unpaired) electrons. The summed E-state index contributed by atoms with van der Waals surface area (Å²) in [4.78, 5) is 0. The summed E-state index contributed by atoms with van der Waals surface area (Å²) in [5.74, 6) is 0.908. The number of benzene rings is 1. The zero-order valence-corrected chi connectivity index (χ0v) is 7.95. The molecule has 1 N–H and O–H groups in total. The smallest absolute Gasteiger partial charge is 0.136 e. The summed E-state index contributed by atoms with van der Waals surface area (Å²) in [6, 6.07) is 7.94. The number of aliphatic hydroxyl groups excluding tert-OH is 1. The van der Waals surface area contributed by atoms with Gasteiger partial charge in [0, 0.05) is 6.42 Å². The Morgan fingerprint density at radius 1 is 1.46 bits per heavy atom. The Balaban J connectivity index is 2.32. The second kappa shape index (κ2) is 2.74. The fourth-order valence-corrected chi connectivity index (χ4v) is 1.65. The molecule has 2 heteroatoms. The third kappa shape index (κ3) is 1.31. The number of para-hydroxylation sites is 1. The van der Waals surface area contributed by atoms with Crippen molar-refractivity contribution in [1.29, 1.82) is 0 Å². The predicted octanol–water partition coefficient (Wildman–Crippen LogP) is 1.76. The average molecular weight is 178 g/mol. The van der Waals surface area contributed by atoms with E-state index in [1.54, 1.807) is 6.92 Å². The summed E-state index contributed by atoms with van der Waals surface area (Å²) in [5, 5.41) is 9.56. The van der Waals surface area contributed by atoms with E-state index in [9.17, 15) is 5.11 Å². The second-order valence-electron chi connectivity index (χ2n) is 3.88. The van der Waals surface area contributed by atoms with Crippen LogP contribution >= 0.6 is 0 Å². The molecule has 1 aliphatic heterocycles. The van der Waals surface area contributed by atoms with Gasteiger partial charge in [0.2, 0.25) is 0 Å². The SMILES string of the molecule is CC(O)C1(C)Cc2ccccc2O1. The van der Waals surface area contributed by atoms with Gasteiger partial charge in [0.05, 0.1) is 6.10 Å². The zero-order chi connectivity index (χ0) is 9.47. The van der Waals surface area contributed by atoms with Gasteiger partial charge >= 0.3 is 0 Å². The summed E-state index contributed by atoms with van der Waals surface area (Å²) in [5.41, 5.74) is 0.745. The number of hydrogen-bond donors (Lipinski definition) is 1.